The number of thiol groups is 1. The summed E-state index contributed by atoms with van der Waals surface area (Å²) in [7, 11) is -2.56. The van der Waals surface area contributed by atoms with Crippen molar-refractivity contribution in [3.8, 4) is 5.75 Å². The number of carbonyl (C=O) groups is 1. The third-order valence-electron chi connectivity index (χ3n) is 3.50. The minimum Gasteiger partial charge on any atom is -0.482 e. The van der Waals surface area contributed by atoms with E-state index in [4.69, 9.17) is 27.9 Å². The summed E-state index contributed by atoms with van der Waals surface area (Å²) in [5, 5.41) is -0.0631. The van der Waals surface area contributed by atoms with Crippen LogP contribution in [0.25, 0.3) is 0 Å². The van der Waals surface area contributed by atoms with Gasteiger partial charge >= 0.3 is 5.97 Å². The average molecular weight is 450 g/mol. The molecular weight excluding hydrogens is 433 g/mol. The molecule has 2 aromatic rings. The second-order valence-electron chi connectivity index (χ2n) is 5.38. The molecule has 0 aliphatic rings. The third-order valence-corrected chi connectivity index (χ3v) is 6.12. The minimum absolute atomic E-state index is 0.0383. The second kappa shape index (κ2) is 9.66. The van der Waals surface area contributed by atoms with E-state index in [0.29, 0.717) is 5.75 Å². The summed E-state index contributed by atoms with van der Waals surface area (Å²) in [6.07, 6.45) is 0. The fourth-order valence-corrected chi connectivity index (χ4v) is 4.25. The van der Waals surface area contributed by atoms with E-state index >= 15 is 0 Å². The van der Waals surface area contributed by atoms with E-state index in [1.807, 2.05) is 0 Å². The molecule has 0 radical (unpaired) electrons. The van der Waals surface area contributed by atoms with Crippen molar-refractivity contribution in [2.24, 2.45) is 0 Å². The summed E-state index contributed by atoms with van der Waals surface area (Å²) in [6, 6.07) is 11.0. The van der Waals surface area contributed by atoms with E-state index in [2.05, 4.69) is 22.1 Å². The Bertz CT molecular complexity index is 904. The van der Waals surface area contributed by atoms with Crippen LogP contribution in [0.5, 0.6) is 5.75 Å². The van der Waals surface area contributed by atoms with Gasteiger partial charge in [0.25, 0.3) is 0 Å². The number of carbonyl (C=O) groups excluding carboxylic acids is 1. The fraction of sp³-hybridized carbons (Fsp3) is 0.235. The molecule has 1 N–H and O–H groups in total. The predicted molar refractivity (Wildman–Crippen MR) is 107 cm³/mol. The van der Waals surface area contributed by atoms with Crippen molar-refractivity contribution in [3.63, 3.8) is 0 Å². The summed E-state index contributed by atoms with van der Waals surface area (Å²) in [5.41, 5.74) is 0.767. The van der Waals surface area contributed by atoms with Crippen LogP contribution < -0.4 is 9.46 Å². The van der Waals surface area contributed by atoms with Gasteiger partial charge in [-0.3, -0.25) is 0 Å². The molecule has 2 aromatic carbocycles. The Kier molecular flexibility index (Phi) is 7.81. The maximum Gasteiger partial charge on any atom is 0.343 e. The molecule has 0 aliphatic carbocycles. The highest BCUT2D eigenvalue weighted by Gasteiger charge is 2.20. The summed E-state index contributed by atoms with van der Waals surface area (Å²) in [5.74, 6) is -0.00351. The molecule has 10 heteroatoms. The Balaban J connectivity index is 1.99. The lowest BCUT2D eigenvalue weighted by molar-refractivity contribution is -0.142. The molecular formula is C17H17Cl2NO5S2. The lowest BCUT2D eigenvalue weighted by atomic mass is 10.1. The Labute approximate surface area is 173 Å². The molecule has 0 fully saturated rings. The Morgan fingerprint density at radius 3 is 2.48 bits per heavy atom. The summed E-state index contributed by atoms with van der Waals surface area (Å²) < 4.78 is 37.0. The number of ether oxygens (including phenoxy) is 2. The van der Waals surface area contributed by atoms with E-state index in [9.17, 15) is 13.2 Å². The van der Waals surface area contributed by atoms with E-state index in [-0.39, 0.29) is 28.1 Å². The molecule has 0 saturated carbocycles. The zero-order valence-corrected chi connectivity index (χ0v) is 17.4. The Morgan fingerprint density at radius 1 is 1.19 bits per heavy atom. The number of nitrogens with one attached hydrogen (secondary N) is 1. The van der Waals surface area contributed by atoms with Crippen LogP contribution in [-0.4, -0.2) is 34.6 Å². The molecule has 0 amide bonds. The summed E-state index contributed by atoms with van der Waals surface area (Å²) in [4.78, 5) is 11.0. The number of rotatable bonds is 8. The second-order valence-corrected chi connectivity index (χ2v) is 8.58. The number of benzene rings is 2. The van der Waals surface area contributed by atoms with Gasteiger partial charge in [0.05, 0.1) is 12.1 Å². The van der Waals surface area contributed by atoms with Crippen molar-refractivity contribution >= 4 is 51.8 Å². The van der Waals surface area contributed by atoms with Crippen LogP contribution in [0.3, 0.4) is 0 Å². The first-order valence-corrected chi connectivity index (χ1v) is 10.4. The van der Waals surface area contributed by atoms with Crippen LogP contribution in [0.4, 0.5) is 0 Å². The van der Waals surface area contributed by atoms with Crippen molar-refractivity contribution in [2.75, 3.05) is 20.3 Å². The normalized spacial score (nSPS) is 12.4. The van der Waals surface area contributed by atoms with Crippen molar-refractivity contribution in [1.29, 1.82) is 0 Å². The molecule has 0 aliphatic heterocycles. The van der Waals surface area contributed by atoms with Crippen molar-refractivity contribution in [1.82, 2.24) is 4.72 Å². The van der Waals surface area contributed by atoms with E-state index < -0.39 is 21.2 Å². The lowest BCUT2D eigenvalue weighted by Gasteiger charge is -2.14. The zero-order valence-electron chi connectivity index (χ0n) is 14.2. The van der Waals surface area contributed by atoms with Gasteiger partial charge in [0.2, 0.25) is 10.0 Å². The first kappa shape index (κ1) is 21.8. The summed E-state index contributed by atoms with van der Waals surface area (Å²) >= 11 is 16.2. The highest BCUT2D eigenvalue weighted by molar-refractivity contribution is 7.89. The van der Waals surface area contributed by atoms with Gasteiger partial charge in [-0.2, -0.15) is 12.6 Å². The topological polar surface area (TPSA) is 81.7 Å². The van der Waals surface area contributed by atoms with Crippen molar-refractivity contribution in [2.45, 2.75) is 10.1 Å². The van der Waals surface area contributed by atoms with Crippen LogP contribution in [-0.2, 0) is 19.6 Å². The van der Waals surface area contributed by atoms with E-state index in [1.54, 1.807) is 24.3 Å². The number of hydrogen-bond donors (Lipinski definition) is 2. The fourth-order valence-electron chi connectivity index (χ4n) is 2.05. The lowest BCUT2D eigenvalue weighted by Crippen LogP contribution is -2.27. The van der Waals surface area contributed by atoms with Crippen LogP contribution >= 0.6 is 35.8 Å². The molecule has 146 valence electrons. The first-order chi connectivity index (χ1) is 12.7. The molecule has 1 unspecified atom stereocenters. The zero-order chi connectivity index (χ0) is 20.0. The minimum atomic E-state index is -3.84. The average Bonchev–Trinajstić information content (AvgIpc) is 2.66. The predicted octanol–water partition coefficient (Wildman–Crippen LogP) is 3.49. The number of esters is 1. The number of halogens is 2. The molecule has 0 saturated heterocycles. The number of hydrogen-bond acceptors (Lipinski definition) is 6. The van der Waals surface area contributed by atoms with Gasteiger partial charge in [-0.25, -0.2) is 17.9 Å². The van der Waals surface area contributed by atoms with Crippen LogP contribution in [0.2, 0.25) is 10.0 Å². The molecule has 0 aromatic heterocycles. The number of sulfonamides is 1. The van der Waals surface area contributed by atoms with E-state index in [1.165, 1.54) is 25.3 Å². The van der Waals surface area contributed by atoms with Gasteiger partial charge in [0.15, 0.2) is 6.61 Å². The molecule has 1 atom stereocenters. The molecule has 0 bridgehead atoms. The monoisotopic (exact) mass is 449 g/mol. The van der Waals surface area contributed by atoms with Crippen LogP contribution in [0, 0.1) is 0 Å². The first-order valence-electron chi connectivity index (χ1n) is 7.65. The highest BCUT2D eigenvalue weighted by atomic mass is 35.5. The van der Waals surface area contributed by atoms with Gasteiger partial charge < -0.3 is 9.47 Å². The maximum absolute atomic E-state index is 12.4. The van der Waals surface area contributed by atoms with Gasteiger partial charge in [0.1, 0.15) is 10.6 Å². The van der Waals surface area contributed by atoms with Crippen LogP contribution in [0.1, 0.15) is 10.8 Å². The quantitative estimate of drug-likeness (QED) is 0.475. The Hall–Kier alpha value is -1.45. The molecule has 6 nitrogen and oxygen atoms in total. The van der Waals surface area contributed by atoms with Gasteiger partial charge in [0, 0.05) is 16.8 Å². The SMILES string of the molecule is COC(=O)COc1ccc(C(S)CNS(=O)(=O)c2cc(Cl)ccc2Cl)cc1. The standard InChI is InChI=1S/C17H17Cl2NO5S2/c1-24-17(21)10-25-13-5-2-11(3-6-13)15(26)9-20-27(22,23)16-8-12(18)4-7-14(16)19/h2-8,15,20,26H,9-10H2,1H3. The number of methoxy groups -OCH3 is 1. The molecule has 27 heavy (non-hydrogen) atoms. The van der Waals surface area contributed by atoms with Crippen molar-refractivity contribution in [3.05, 3.63) is 58.1 Å². The van der Waals surface area contributed by atoms with Gasteiger partial charge in [-0.05, 0) is 35.9 Å². The molecule has 2 rings (SSSR count). The van der Waals surface area contributed by atoms with Crippen LogP contribution in [0.15, 0.2) is 47.4 Å². The van der Waals surface area contributed by atoms with Gasteiger partial charge in [-0.1, -0.05) is 35.3 Å². The molecule has 0 heterocycles. The third kappa shape index (κ3) is 6.29. The van der Waals surface area contributed by atoms with E-state index in [0.717, 1.165) is 5.56 Å². The van der Waals surface area contributed by atoms with Gasteiger partial charge in [-0.15, -0.1) is 0 Å². The summed E-state index contributed by atoms with van der Waals surface area (Å²) in [6.45, 7) is -0.156. The highest BCUT2D eigenvalue weighted by Crippen LogP contribution is 2.26. The smallest absolute Gasteiger partial charge is 0.343 e. The molecule has 0 spiro atoms. The maximum atomic E-state index is 12.4. The largest absolute Gasteiger partial charge is 0.482 e. The Morgan fingerprint density at radius 2 is 1.85 bits per heavy atom. The van der Waals surface area contributed by atoms with Crippen molar-refractivity contribution < 1.29 is 22.7 Å².